The molecule has 0 aliphatic heterocycles. The van der Waals surface area contributed by atoms with Crippen LogP contribution in [0.25, 0.3) is 11.4 Å². The van der Waals surface area contributed by atoms with Crippen molar-refractivity contribution in [3.8, 4) is 11.4 Å². The molecular weight excluding hydrogens is 340 g/mol. The number of benzene rings is 1. The van der Waals surface area contributed by atoms with Crippen LogP contribution in [-0.2, 0) is 18.3 Å². The fourth-order valence-electron chi connectivity index (χ4n) is 2.21. The van der Waals surface area contributed by atoms with Gasteiger partial charge in [-0.05, 0) is 6.92 Å². The number of carbonyl (C=O) groups is 1. The van der Waals surface area contributed by atoms with E-state index < -0.39 is 0 Å². The first-order valence-electron chi connectivity index (χ1n) is 7.77. The predicted molar refractivity (Wildman–Crippen MR) is 92.5 cm³/mol. The second-order valence-corrected chi connectivity index (χ2v) is 6.81. The quantitative estimate of drug-likeness (QED) is 0.644. The van der Waals surface area contributed by atoms with Gasteiger partial charge in [0, 0.05) is 25.5 Å². The highest BCUT2D eigenvalue weighted by Gasteiger charge is 2.20. The molecule has 1 amide bonds. The summed E-state index contributed by atoms with van der Waals surface area (Å²) in [6.07, 6.45) is 0.711. The van der Waals surface area contributed by atoms with Crippen LogP contribution in [0, 0.1) is 0 Å². The van der Waals surface area contributed by atoms with E-state index >= 15 is 0 Å². The van der Waals surface area contributed by atoms with Gasteiger partial charge in [-0.3, -0.25) is 4.79 Å². The van der Waals surface area contributed by atoms with Gasteiger partial charge in [-0.25, -0.2) is 0 Å². The lowest BCUT2D eigenvalue weighted by atomic mass is 10.2. The molecule has 0 spiro atoms. The van der Waals surface area contributed by atoms with Crippen LogP contribution < -0.4 is 5.73 Å². The second kappa shape index (κ2) is 7.47. The Hall–Kier alpha value is -2.68. The summed E-state index contributed by atoms with van der Waals surface area (Å²) >= 11 is 1.46. The smallest absolute Gasteiger partial charge is 0.240 e. The Balaban J connectivity index is 1.70. The summed E-state index contributed by atoms with van der Waals surface area (Å²) in [5, 5.41) is 12.9. The molecule has 3 rings (SSSR count). The van der Waals surface area contributed by atoms with Crippen molar-refractivity contribution in [2.45, 2.75) is 30.2 Å². The van der Waals surface area contributed by atoms with E-state index in [-0.39, 0.29) is 17.6 Å². The molecule has 3 aromatic rings. The molecule has 2 N–H and O–H groups in total. The highest BCUT2D eigenvalue weighted by atomic mass is 32.2. The van der Waals surface area contributed by atoms with Gasteiger partial charge in [-0.2, -0.15) is 4.98 Å². The largest absolute Gasteiger partial charge is 0.370 e. The fraction of sp³-hybridized carbons (Fsp3) is 0.312. The molecule has 0 aliphatic rings. The van der Waals surface area contributed by atoms with Gasteiger partial charge in [0.2, 0.25) is 17.6 Å². The molecule has 9 heteroatoms. The van der Waals surface area contributed by atoms with Gasteiger partial charge in [0.05, 0.1) is 5.25 Å². The first kappa shape index (κ1) is 17.2. The Bertz CT molecular complexity index is 861. The number of aromatic nitrogens is 5. The SMILES string of the molecule is C[C@H](Sc1nnc(CCC(N)=O)n1C)c1nc(-c2ccccc2)no1. The number of aryl methyl sites for hydroxylation is 1. The van der Waals surface area contributed by atoms with Crippen LogP contribution in [0.4, 0.5) is 0 Å². The summed E-state index contributed by atoms with van der Waals surface area (Å²) in [5.41, 5.74) is 6.08. The Labute approximate surface area is 148 Å². The van der Waals surface area contributed by atoms with Crippen molar-refractivity contribution in [1.29, 1.82) is 0 Å². The number of amides is 1. The maximum absolute atomic E-state index is 10.9. The van der Waals surface area contributed by atoms with Crippen LogP contribution in [0.5, 0.6) is 0 Å². The zero-order valence-electron chi connectivity index (χ0n) is 13.9. The summed E-state index contributed by atoms with van der Waals surface area (Å²) in [7, 11) is 1.86. The minimum atomic E-state index is -0.357. The monoisotopic (exact) mass is 358 g/mol. The third kappa shape index (κ3) is 4.05. The van der Waals surface area contributed by atoms with Gasteiger partial charge in [0.15, 0.2) is 5.16 Å². The molecule has 0 radical (unpaired) electrons. The van der Waals surface area contributed by atoms with E-state index in [4.69, 9.17) is 10.3 Å². The van der Waals surface area contributed by atoms with Gasteiger partial charge in [0.1, 0.15) is 5.82 Å². The number of thioether (sulfide) groups is 1. The van der Waals surface area contributed by atoms with Gasteiger partial charge < -0.3 is 14.8 Å². The van der Waals surface area contributed by atoms with Crippen molar-refractivity contribution >= 4 is 17.7 Å². The molecule has 0 saturated carbocycles. The lowest BCUT2D eigenvalue weighted by Crippen LogP contribution is -2.12. The van der Waals surface area contributed by atoms with Crippen LogP contribution in [0.1, 0.15) is 30.3 Å². The van der Waals surface area contributed by atoms with Crippen molar-refractivity contribution in [3.63, 3.8) is 0 Å². The van der Waals surface area contributed by atoms with Crippen molar-refractivity contribution in [1.82, 2.24) is 24.9 Å². The minimum absolute atomic E-state index is 0.0862. The van der Waals surface area contributed by atoms with E-state index in [1.165, 1.54) is 11.8 Å². The molecule has 25 heavy (non-hydrogen) atoms. The number of rotatable bonds is 7. The number of primary amides is 1. The van der Waals surface area contributed by atoms with Crippen LogP contribution in [0.3, 0.4) is 0 Å². The molecule has 1 aromatic carbocycles. The maximum atomic E-state index is 10.9. The Morgan fingerprint density at radius 1 is 1.32 bits per heavy atom. The van der Waals surface area contributed by atoms with Gasteiger partial charge in [0.25, 0.3) is 0 Å². The zero-order chi connectivity index (χ0) is 17.8. The number of carbonyl (C=O) groups excluding carboxylic acids is 1. The lowest BCUT2D eigenvalue weighted by Gasteiger charge is -2.06. The summed E-state index contributed by atoms with van der Waals surface area (Å²) in [5.74, 6) is 1.43. The molecule has 0 saturated heterocycles. The topological polar surface area (TPSA) is 113 Å². The van der Waals surface area contributed by atoms with Crippen LogP contribution in [0.2, 0.25) is 0 Å². The summed E-state index contributed by atoms with van der Waals surface area (Å²) < 4.78 is 7.22. The Morgan fingerprint density at radius 3 is 2.80 bits per heavy atom. The van der Waals surface area contributed by atoms with Crippen LogP contribution in [0.15, 0.2) is 40.0 Å². The van der Waals surface area contributed by atoms with E-state index in [0.29, 0.717) is 29.1 Å². The van der Waals surface area contributed by atoms with Gasteiger partial charge >= 0.3 is 0 Å². The van der Waals surface area contributed by atoms with Crippen molar-refractivity contribution < 1.29 is 9.32 Å². The van der Waals surface area contributed by atoms with E-state index in [1.807, 2.05) is 48.9 Å². The highest BCUT2D eigenvalue weighted by Crippen LogP contribution is 2.33. The number of nitrogens with two attached hydrogens (primary N) is 1. The molecule has 1 atom stereocenters. The zero-order valence-corrected chi connectivity index (χ0v) is 14.7. The van der Waals surface area contributed by atoms with Crippen LogP contribution in [-0.4, -0.2) is 30.8 Å². The molecule has 0 unspecified atom stereocenters. The molecule has 2 heterocycles. The van der Waals surface area contributed by atoms with Crippen molar-refractivity contribution in [2.75, 3.05) is 0 Å². The third-order valence-corrected chi connectivity index (χ3v) is 4.75. The van der Waals surface area contributed by atoms with E-state index in [9.17, 15) is 4.79 Å². The van der Waals surface area contributed by atoms with E-state index in [1.54, 1.807) is 0 Å². The van der Waals surface area contributed by atoms with Crippen molar-refractivity contribution in [2.24, 2.45) is 12.8 Å². The molecule has 8 nitrogen and oxygen atoms in total. The average molecular weight is 358 g/mol. The maximum Gasteiger partial charge on any atom is 0.240 e. The average Bonchev–Trinajstić information content (AvgIpc) is 3.22. The van der Waals surface area contributed by atoms with Gasteiger partial charge in [-0.1, -0.05) is 47.3 Å². The third-order valence-electron chi connectivity index (χ3n) is 3.62. The first-order valence-corrected chi connectivity index (χ1v) is 8.65. The molecule has 0 aliphatic carbocycles. The Morgan fingerprint density at radius 2 is 2.08 bits per heavy atom. The minimum Gasteiger partial charge on any atom is -0.370 e. The van der Waals surface area contributed by atoms with E-state index in [2.05, 4.69) is 20.3 Å². The second-order valence-electron chi connectivity index (χ2n) is 5.51. The van der Waals surface area contributed by atoms with E-state index in [0.717, 1.165) is 5.56 Å². The summed E-state index contributed by atoms with van der Waals surface area (Å²) in [6, 6.07) is 9.65. The molecule has 0 bridgehead atoms. The number of nitrogens with zero attached hydrogens (tertiary/aromatic N) is 5. The Kier molecular flexibility index (Phi) is 5.13. The number of hydrogen-bond donors (Lipinski definition) is 1. The fourth-order valence-corrected chi connectivity index (χ4v) is 3.08. The molecule has 2 aromatic heterocycles. The summed E-state index contributed by atoms with van der Waals surface area (Å²) in [6.45, 7) is 1.96. The summed E-state index contributed by atoms with van der Waals surface area (Å²) in [4.78, 5) is 15.4. The number of hydrogen-bond acceptors (Lipinski definition) is 7. The lowest BCUT2D eigenvalue weighted by molar-refractivity contribution is -0.118. The van der Waals surface area contributed by atoms with Gasteiger partial charge in [-0.15, -0.1) is 10.2 Å². The standard InChI is InChI=1S/C16H18N6O2S/c1-10(15-18-14(21-24-15)11-6-4-3-5-7-11)25-16-20-19-13(22(16)2)9-8-12(17)23/h3-7,10H,8-9H2,1-2H3,(H2,17,23)/t10-/m0/s1. The van der Waals surface area contributed by atoms with Crippen molar-refractivity contribution in [3.05, 3.63) is 42.0 Å². The normalized spacial score (nSPS) is 12.2. The highest BCUT2D eigenvalue weighted by molar-refractivity contribution is 7.99. The first-order chi connectivity index (χ1) is 12.0. The predicted octanol–water partition coefficient (Wildman–Crippen LogP) is 2.14. The molecular formula is C16H18N6O2S. The molecule has 0 fully saturated rings. The van der Waals surface area contributed by atoms with Crippen LogP contribution >= 0.6 is 11.8 Å². The molecule has 130 valence electrons.